The van der Waals surface area contributed by atoms with Crippen molar-refractivity contribution >= 4 is 11.8 Å². The Hall–Kier alpha value is -1.10. The molecule has 0 aromatic rings. The second kappa shape index (κ2) is 5.84. The molecule has 0 radical (unpaired) electrons. The standard InChI is InChI=1S/C11H20N2O3/c1-4-9-11(15)13(7-10(14)12-9)6-8(3)16-5-2/h8-9H,4-7H2,1-3H3,(H,12,14). The summed E-state index contributed by atoms with van der Waals surface area (Å²) in [5, 5.41) is 2.68. The Labute approximate surface area is 96.1 Å². The zero-order valence-corrected chi connectivity index (χ0v) is 10.2. The number of nitrogens with zero attached hydrogens (tertiary/aromatic N) is 1. The first kappa shape index (κ1) is 13.0. The van der Waals surface area contributed by atoms with Gasteiger partial charge in [-0.2, -0.15) is 0 Å². The summed E-state index contributed by atoms with van der Waals surface area (Å²) in [6.07, 6.45) is 0.599. The van der Waals surface area contributed by atoms with Gasteiger partial charge in [0, 0.05) is 13.2 Å². The van der Waals surface area contributed by atoms with Crippen LogP contribution in [0.4, 0.5) is 0 Å². The lowest BCUT2D eigenvalue weighted by Crippen LogP contribution is -2.58. The van der Waals surface area contributed by atoms with Crippen molar-refractivity contribution in [2.75, 3.05) is 19.7 Å². The maximum Gasteiger partial charge on any atom is 0.245 e. The molecule has 1 aliphatic rings. The highest BCUT2D eigenvalue weighted by molar-refractivity contribution is 5.94. The second-order valence-corrected chi connectivity index (χ2v) is 4.01. The van der Waals surface area contributed by atoms with E-state index in [2.05, 4.69) is 5.32 Å². The Bertz CT molecular complexity index is 268. The minimum atomic E-state index is -0.366. The first-order chi connectivity index (χ1) is 7.58. The summed E-state index contributed by atoms with van der Waals surface area (Å²) in [6, 6.07) is -0.366. The molecule has 0 bridgehead atoms. The van der Waals surface area contributed by atoms with Gasteiger partial charge in [-0.15, -0.1) is 0 Å². The minimum Gasteiger partial charge on any atom is -0.377 e. The Morgan fingerprint density at radius 1 is 1.50 bits per heavy atom. The smallest absolute Gasteiger partial charge is 0.245 e. The van der Waals surface area contributed by atoms with E-state index < -0.39 is 0 Å². The molecule has 1 rings (SSSR count). The van der Waals surface area contributed by atoms with Gasteiger partial charge in [0.25, 0.3) is 0 Å². The largest absolute Gasteiger partial charge is 0.377 e. The third-order valence-electron chi connectivity index (χ3n) is 2.62. The van der Waals surface area contributed by atoms with E-state index >= 15 is 0 Å². The molecule has 16 heavy (non-hydrogen) atoms. The van der Waals surface area contributed by atoms with E-state index in [4.69, 9.17) is 4.74 Å². The quantitative estimate of drug-likeness (QED) is 0.728. The molecule has 1 fully saturated rings. The SMILES string of the molecule is CCOC(C)CN1CC(=O)NC(CC)C1=O. The highest BCUT2D eigenvalue weighted by Crippen LogP contribution is 2.07. The van der Waals surface area contributed by atoms with Crippen molar-refractivity contribution in [3.63, 3.8) is 0 Å². The first-order valence-corrected chi connectivity index (χ1v) is 5.78. The number of carbonyl (C=O) groups is 2. The van der Waals surface area contributed by atoms with E-state index in [9.17, 15) is 9.59 Å². The average Bonchev–Trinajstić information content (AvgIpc) is 2.23. The highest BCUT2D eigenvalue weighted by Gasteiger charge is 2.31. The molecule has 0 aliphatic carbocycles. The number of carbonyl (C=O) groups excluding carboxylic acids is 2. The van der Waals surface area contributed by atoms with Gasteiger partial charge in [-0.25, -0.2) is 0 Å². The molecule has 0 saturated carbocycles. The molecule has 0 aromatic heterocycles. The third kappa shape index (κ3) is 3.20. The van der Waals surface area contributed by atoms with E-state index in [1.807, 2.05) is 20.8 Å². The van der Waals surface area contributed by atoms with Crippen molar-refractivity contribution < 1.29 is 14.3 Å². The summed E-state index contributed by atoms with van der Waals surface area (Å²) in [5.74, 6) is -0.0937. The van der Waals surface area contributed by atoms with Crippen LogP contribution in [0.2, 0.25) is 0 Å². The fourth-order valence-corrected chi connectivity index (χ4v) is 1.85. The second-order valence-electron chi connectivity index (χ2n) is 4.01. The van der Waals surface area contributed by atoms with Crippen LogP contribution in [-0.2, 0) is 14.3 Å². The normalized spacial score (nSPS) is 23.2. The molecule has 1 N–H and O–H groups in total. The summed E-state index contributed by atoms with van der Waals surface area (Å²) in [4.78, 5) is 24.9. The summed E-state index contributed by atoms with van der Waals surface area (Å²) in [7, 11) is 0. The molecule has 2 amide bonds. The molecule has 5 heteroatoms. The fourth-order valence-electron chi connectivity index (χ4n) is 1.85. The van der Waals surface area contributed by atoms with Crippen molar-refractivity contribution in [1.29, 1.82) is 0 Å². The molecular formula is C11H20N2O3. The van der Waals surface area contributed by atoms with Crippen molar-refractivity contribution in [2.45, 2.75) is 39.3 Å². The number of nitrogens with one attached hydrogen (secondary N) is 1. The Balaban J connectivity index is 2.57. The molecule has 1 heterocycles. The molecule has 1 aliphatic heterocycles. The molecular weight excluding hydrogens is 208 g/mol. The zero-order valence-electron chi connectivity index (χ0n) is 10.2. The monoisotopic (exact) mass is 228 g/mol. The molecule has 0 spiro atoms. The number of amides is 2. The minimum absolute atomic E-state index is 0.00588. The average molecular weight is 228 g/mol. The predicted molar refractivity (Wildman–Crippen MR) is 59.9 cm³/mol. The zero-order chi connectivity index (χ0) is 12.1. The van der Waals surface area contributed by atoms with Gasteiger partial charge in [0.1, 0.15) is 6.04 Å². The van der Waals surface area contributed by atoms with Gasteiger partial charge in [0.05, 0.1) is 12.6 Å². The fraction of sp³-hybridized carbons (Fsp3) is 0.818. The highest BCUT2D eigenvalue weighted by atomic mass is 16.5. The van der Waals surface area contributed by atoms with Crippen LogP contribution < -0.4 is 5.32 Å². The molecule has 2 atom stereocenters. The number of hydrogen-bond acceptors (Lipinski definition) is 3. The van der Waals surface area contributed by atoms with Crippen LogP contribution in [-0.4, -0.2) is 48.6 Å². The van der Waals surface area contributed by atoms with Gasteiger partial charge >= 0.3 is 0 Å². The molecule has 2 unspecified atom stereocenters. The molecule has 0 aromatic carbocycles. The number of hydrogen-bond donors (Lipinski definition) is 1. The number of ether oxygens (including phenoxy) is 1. The van der Waals surface area contributed by atoms with Crippen LogP contribution in [0.3, 0.4) is 0 Å². The van der Waals surface area contributed by atoms with Crippen LogP contribution in [0.1, 0.15) is 27.2 Å². The topological polar surface area (TPSA) is 58.6 Å². The predicted octanol–water partition coefficient (Wildman–Crippen LogP) is 0.148. The van der Waals surface area contributed by atoms with Gasteiger partial charge in [-0.05, 0) is 20.3 Å². The lowest BCUT2D eigenvalue weighted by molar-refractivity contribution is -0.146. The summed E-state index contributed by atoms with van der Waals surface area (Å²) in [5.41, 5.74) is 0. The maximum absolute atomic E-state index is 11.9. The Morgan fingerprint density at radius 3 is 2.75 bits per heavy atom. The Morgan fingerprint density at radius 2 is 2.19 bits per heavy atom. The van der Waals surface area contributed by atoms with Crippen LogP contribution >= 0.6 is 0 Å². The van der Waals surface area contributed by atoms with Gasteiger partial charge in [-0.3, -0.25) is 9.59 Å². The first-order valence-electron chi connectivity index (χ1n) is 5.78. The van der Waals surface area contributed by atoms with Gasteiger partial charge < -0.3 is 15.0 Å². The van der Waals surface area contributed by atoms with E-state index in [-0.39, 0.29) is 30.5 Å². The maximum atomic E-state index is 11.9. The van der Waals surface area contributed by atoms with Gasteiger partial charge in [-0.1, -0.05) is 6.92 Å². The van der Waals surface area contributed by atoms with Crippen LogP contribution in [0.15, 0.2) is 0 Å². The van der Waals surface area contributed by atoms with Gasteiger partial charge in [0.2, 0.25) is 11.8 Å². The van der Waals surface area contributed by atoms with Crippen molar-refractivity contribution in [1.82, 2.24) is 10.2 Å². The number of piperazine rings is 1. The third-order valence-corrected chi connectivity index (χ3v) is 2.62. The van der Waals surface area contributed by atoms with Gasteiger partial charge in [0.15, 0.2) is 0 Å². The van der Waals surface area contributed by atoms with E-state index in [0.717, 1.165) is 0 Å². The van der Waals surface area contributed by atoms with Crippen LogP contribution in [0.5, 0.6) is 0 Å². The molecule has 5 nitrogen and oxygen atoms in total. The molecule has 1 saturated heterocycles. The van der Waals surface area contributed by atoms with Crippen molar-refractivity contribution in [2.24, 2.45) is 0 Å². The van der Waals surface area contributed by atoms with Crippen LogP contribution in [0.25, 0.3) is 0 Å². The lowest BCUT2D eigenvalue weighted by atomic mass is 10.1. The Kier molecular flexibility index (Phi) is 4.73. The van der Waals surface area contributed by atoms with Crippen molar-refractivity contribution in [3.05, 3.63) is 0 Å². The summed E-state index contributed by atoms with van der Waals surface area (Å²) < 4.78 is 5.37. The van der Waals surface area contributed by atoms with Crippen molar-refractivity contribution in [3.8, 4) is 0 Å². The lowest BCUT2D eigenvalue weighted by Gasteiger charge is -2.33. The van der Waals surface area contributed by atoms with Crippen LogP contribution in [0, 0.1) is 0 Å². The summed E-state index contributed by atoms with van der Waals surface area (Å²) in [6.45, 7) is 6.95. The number of rotatable bonds is 5. The summed E-state index contributed by atoms with van der Waals surface area (Å²) >= 11 is 0. The van der Waals surface area contributed by atoms with E-state index in [1.165, 1.54) is 0 Å². The molecule has 92 valence electrons. The van der Waals surface area contributed by atoms with E-state index in [1.54, 1.807) is 4.90 Å². The van der Waals surface area contributed by atoms with E-state index in [0.29, 0.717) is 19.6 Å².